The molecule has 0 bridgehead atoms. The van der Waals surface area contributed by atoms with E-state index in [1.54, 1.807) is 20.2 Å². The summed E-state index contributed by atoms with van der Waals surface area (Å²) in [6.45, 7) is 5.30. The van der Waals surface area contributed by atoms with Gasteiger partial charge in [0.25, 0.3) is 0 Å². The van der Waals surface area contributed by atoms with Crippen LogP contribution in [0.3, 0.4) is 0 Å². The summed E-state index contributed by atoms with van der Waals surface area (Å²) in [4.78, 5) is 6.10. The van der Waals surface area contributed by atoms with Gasteiger partial charge in [-0.05, 0) is 31.9 Å². The summed E-state index contributed by atoms with van der Waals surface area (Å²) in [6, 6.07) is 2.64. The highest BCUT2D eigenvalue weighted by Gasteiger charge is 2.56. The number of halogens is 3. The van der Waals surface area contributed by atoms with Crippen LogP contribution in [-0.4, -0.2) is 56.4 Å². The molecule has 0 aliphatic heterocycles. The van der Waals surface area contributed by atoms with E-state index < -0.39 is 18.4 Å². The van der Waals surface area contributed by atoms with Crippen molar-refractivity contribution in [1.82, 2.24) is 4.90 Å². The van der Waals surface area contributed by atoms with Crippen molar-refractivity contribution < 1.29 is 27.8 Å². The predicted molar refractivity (Wildman–Crippen MR) is 95.2 cm³/mol. The molecule has 0 aromatic heterocycles. The van der Waals surface area contributed by atoms with Crippen LogP contribution >= 0.6 is 0 Å². The summed E-state index contributed by atoms with van der Waals surface area (Å²) in [6.07, 6.45) is -2.79. The van der Waals surface area contributed by atoms with Crippen molar-refractivity contribution >= 4 is 12.0 Å². The van der Waals surface area contributed by atoms with Gasteiger partial charge in [0.2, 0.25) is 5.60 Å². The Morgan fingerprint density at radius 2 is 1.92 bits per heavy atom. The van der Waals surface area contributed by atoms with Gasteiger partial charge in [0.15, 0.2) is 0 Å². The number of methoxy groups -OCH3 is 1. The van der Waals surface area contributed by atoms with Crippen LogP contribution in [0.1, 0.15) is 31.4 Å². The number of hydrogen-bond donors (Lipinski definition) is 1. The molecule has 1 aromatic carbocycles. The molecule has 8 heteroatoms. The number of hydrogen-bond acceptors (Lipinski definition) is 4. The van der Waals surface area contributed by atoms with Crippen LogP contribution in [0.25, 0.3) is 0 Å². The van der Waals surface area contributed by atoms with Crippen LogP contribution < -0.4 is 4.74 Å². The largest absolute Gasteiger partial charge is 0.496 e. The molecule has 1 atom stereocenters. The van der Waals surface area contributed by atoms with Crippen molar-refractivity contribution in [2.45, 2.75) is 39.0 Å². The van der Waals surface area contributed by atoms with Gasteiger partial charge in [-0.15, -0.1) is 0 Å². The van der Waals surface area contributed by atoms with Crippen molar-refractivity contribution in [3.05, 3.63) is 23.3 Å². The van der Waals surface area contributed by atoms with Crippen LogP contribution in [0, 0.1) is 6.92 Å². The van der Waals surface area contributed by atoms with Gasteiger partial charge in [-0.3, -0.25) is 0 Å². The van der Waals surface area contributed by atoms with Crippen LogP contribution in [0.2, 0.25) is 0 Å². The number of nitrogens with zero attached hydrogens (tertiary/aromatic N) is 2. The van der Waals surface area contributed by atoms with Gasteiger partial charge in [-0.25, -0.2) is 4.99 Å². The minimum atomic E-state index is -4.92. The SMILES string of the molecule is CCCOCC(O)(c1cc(C)c(/N=C/N(C)CC)cc1OC)C(F)(F)F. The highest BCUT2D eigenvalue weighted by atomic mass is 19.4. The Bertz CT molecular complexity index is 620. The van der Waals surface area contributed by atoms with Crippen molar-refractivity contribution in [3.63, 3.8) is 0 Å². The quantitative estimate of drug-likeness (QED) is 0.405. The summed E-state index contributed by atoms with van der Waals surface area (Å²) in [7, 11) is 3.08. The maximum absolute atomic E-state index is 13.6. The highest BCUT2D eigenvalue weighted by molar-refractivity contribution is 5.65. The minimum Gasteiger partial charge on any atom is -0.496 e. The second kappa shape index (κ2) is 9.23. The predicted octanol–water partition coefficient (Wildman–Crippen LogP) is 3.79. The number of benzene rings is 1. The number of alkyl halides is 3. The van der Waals surface area contributed by atoms with E-state index in [0.717, 1.165) is 6.54 Å². The highest BCUT2D eigenvalue weighted by Crippen LogP contribution is 2.45. The van der Waals surface area contributed by atoms with Gasteiger partial charge in [-0.1, -0.05) is 6.92 Å². The van der Waals surface area contributed by atoms with Crippen LogP contribution in [-0.2, 0) is 10.3 Å². The van der Waals surface area contributed by atoms with Crippen molar-refractivity contribution in [2.24, 2.45) is 4.99 Å². The Kier molecular flexibility index (Phi) is 7.89. The molecule has 148 valence electrons. The molecule has 1 N–H and O–H groups in total. The molecule has 1 unspecified atom stereocenters. The summed E-state index contributed by atoms with van der Waals surface area (Å²) < 4.78 is 51.1. The molecule has 1 aromatic rings. The molecule has 0 radical (unpaired) electrons. The fourth-order valence-corrected chi connectivity index (χ4v) is 2.23. The first-order valence-corrected chi connectivity index (χ1v) is 8.41. The third-order valence-corrected chi connectivity index (χ3v) is 3.98. The zero-order valence-corrected chi connectivity index (χ0v) is 15.9. The van der Waals surface area contributed by atoms with E-state index in [2.05, 4.69) is 4.99 Å². The minimum absolute atomic E-state index is 0.0955. The van der Waals surface area contributed by atoms with Gasteiger partial charge >= 0.3 is 6.18 Å². The third-order valence-electron chi connectivity index (χ3n) is 3.98. The number of aryl methyl sites for hydroxylation is 1. The van der Waals surface area contributed by atoms with E-state index in [1.807, 2.05) is 18.9 Å². The van der Waals surface area contributed by atoms with Crippen molar-refractivity contribution in [2.75, 3.05) is 33.9 Å². The topological polar surface area (TPSA) is 54.3 Å². The van der Waals surface area contributed by atoms with Gasteiger partial charge in [0, 0.05) is 31.8 Å². The van der Waals surface area contributed by atoms with Crippen molar-refractivity contribution in [1.29, 1.82) is 0 Å². The van der Waals surface area contributed by atoms with Crippen LogP contribution in [0.5, 0.6) is 5.75 Å². The maximum Gasteiger partial charge on any atom is 0.423 e. The Hall–Kier alpha value is -1.80. The second-order valence-corrected chi connectivity index (χ2v) is 6.07. The number of rotatable bonds is 9. The zero-order valence-electron chi connectivity index (χ0n) is 15.9. The molecule has 26 heavy (non-hydrogen) atoms. The Morgan fingerprint density at radius 1 is 1.27 bits per heavy atom. The van der Waals surface area contributed by atoms with E-state index >= 15 is 0 Å². The monoisotopic (exact) mass is 376 g/mol. The first kappa shape index (κ1) is 22.2. The second-order valence-electron chi connectivity index (χ2n) is 6.07. The summed E-state index contributed by atoms with van der Waals surface area (Å²) >= 11 is 0. The average Bonchev–Trinajstić information content (AvgIpc) is 2.59. The smallest absolute Gasteiger partial charge is 0.423 e. The molecule has 0 saturated carbocycles. The molecule has 0 amide bonds. The van der Waals surface area contributed by atoms with Crippen molar-refractivity contribution in [3.8, 4) is 5.75 Å². The average molecular weight is 376 g/mol. The Balaban J connectivity index is 3.39. The van der Waals surface area contributed by atoms with Gasteiger partial charge in [-0.2, -0.15) is 13.2 Å². The lowest BCUT2D eigenvalue weighted by Gasteiger charge is -2.32. The number of aliphatic imine (C=N–C) groups is 1. The molecular formula is C18H27F3N2O3. The maximum atomic E-state index is 13.6. The lowest BCUT2D eigenvalue weighted by molar-refractivity contribution is -0.282. The van der Waals surface area contributed by atoms with E-state index in [1.165, 1.54) is 19.2 Å². The number of ether oxygens (including phenoxy) is 2. The molecule has 0 aliphatic rings. The van der Waals surface area contributed by atoms with Crippen LogP contribution in [0.15, 0.2) is 17.1 Å². The third kappa shape index (κ3) is 5.11. The Morgan fingerprint density at radius 3 is 2.42 bits per heavy atom. The molecule has 5 nitrogen and oxygen atoms in total. The molecular weight excluding hydrogens is 349 g/mol. The van der Waals surface area contributed by atoms with Crippen LogP contribution in [0.4, 0.5) is 18.9 Å². The first-order valence-electron chi connectivity index (χ1n) is 8.41. The standard InChI is InChI=1S/C18H27F3N2O3/c1-6-8-26-11-17(24,18(19,20)21)14-9-13(3)15(10-16(14)25-5)22-12-23(4)7-2/h9-10,12,24H,6-8,11H2,1-5H3/b22-12+. The Labute approximate surface area is 152 Å². The van der Waals surface area contributed by atoms with Gasteiger partial charge in [0.05, 0.1) is 25.7 Å². The fraction of sp³-hybridized carbons (Fsp3) is 0.611. The molecule has 0 fully saturated rings. The van der Waals surface area contributed by atoms with Gasteiger partial charge in [0.1, 0.15) is 5.75 Å². The normalized spacial score (nSPS) is 14.5. The molecule has 0 saturated heterocycles. The van der Waals surface area contributed by atoms with Gasteiger partial charge < -0.3 is 19.5 Å². The lowest BCUT2D eigenvalue weighted by atomic mass is 9.91. The molecule has 0 heterocycles. The van der Waals surface area contributed by atoms with E-state index in [9.17, 15) is 18.3 Å². The molecule has 0 aliphatic carbocycles. The molecule has 1 rings (SSSR count). The zero-order chi connectivity index (χ0) is 20.0. The number of aliphatic hydroxyl groups is 1. The summed E-state index contributed by atoms with van der Waals surface area (Å²) in [5.41, 5.74) is -2.60. The summed E-state index contributed by atoms with van der Waals surface area (Å²) in [5.74, 6) is -0.0955. The fourth-order valence-electron chi connectivity index (χ4n) is 2.23. The first-order chi connectivity index (χ1) is 12.1. The molecule has 0 spiro atoms. The van der Waals surface area contributed by atoms with E-state index in [4.69, 9.17) is 9.47 Å². The summed E-state index contributed by atoms with van der Waals surface area (Å²) in [5, 5.41) is 10.5. The van der Waals surface area contributed by atoms with E-state index in [-0.39, 0.29) is 17.9 Å². The van der Waals surface area contributed by atoms with E-state index in [0.29, 0.717) is 17.7 Å². The lowest BCUT2D eigenvalue weighted by Crippen LogP contribution is -2.46.